The van der Waals surface area contributed by atoms with E-state index in [4.69, 9.17) is 14.2 Å². The summed E-state index contributed by atoms with van der Waals surface area (Å²) in [6.45, 7) is 1.46. The normalized spacial score (nSPS) is 14.3. The molecule has 0 unspecified atom stereocenters. The zero-order chi connectivity index (χ0) is 23.3. The molecule has 1 aliphatic rings. The lowest BCUT2D eigenvalue weighted by Gasteiger charge is -2.27. The number of carbonyl (C=O) groups excluding carboxylic acids is 1. The minimum absolute atomic E-state index is 0.0432. The number of benzene rings is 2. The van der Waals surface area contributed by atoms with E-state index in [1.165, 1.54) is 43.8 Å². The van der Waals surface area contributed by atoms with Crippen molar-refractivity contribution < 1.29 is 27.4 Å². The first-order valence-corrected chi connectivity index (χ1v) is 11.9. The Balaban J connectivity index is 1.88. The van der Waals surface area contributed by atoms with Gasteiger partial charge in [0.1, 0.15) is 5.75 Å². The van der Waals surface area contributed by atoms with E-state index >= 15 is 0 Å². The van der Waals surface area contributed by atoms with Crippen LogP contribution in [0.2, 0.25) is 0 Å². The summed E-state index contributed by atoms with van der Waals surface area (Å²) in [6.07, 6.45) is 2.98. The van der Waals surface area contributed by atoms with Gasteiger partial charge in [-0.05, 0) is 55.2 Å². The summed E-state index contributed by atoms with van der Waals surface area (Å²) in [6, 6.07) is 9.67. The molecular formula is C23H30N2O6S. The number of hydrogen-bond acceptors (Lipinski definition) is 6. The lowest BCUT2D eigenvalue weighted by atomic mass is 10.1. The smallest absolute Gasteiger partial charge is 0.257 e. The Morgan fingerprint density at radius 2 is 1.53 bits per heavy atom. The Hall–Kier alpha value is -2.78. The van der Waals surface area contributed by atoms with Gasteiger partial charge in [-0.15, -0.1) is 0 Å². The first-order chi connectivity index (χ1) is 15.3. The molecule has 1 aliphatic heterocycles. The van der Waals surface area contributed by atoms with Gasteiger partial charge in [0.25, 0.3) is 5.91 Å². The lowest BCUT2D eigenvalue weighted by Crippen LogP contribution is -2.36. The summed E-state index contributed by atoms with van der Waals surface area (Å²) >= 11 is 0. The zero-order valence-corrected chi connectivity index (χ0v) is 19.8. The fourth-order valence-corrected chi connectivity index (χ4v) is 4.97. The number of ether oxygens (including phenoxy) is 3. The number of carbonyl (C=O) groups is 1. The van der Waals surface area contributed by atoms with Crippen molar-refractivity contribution in [1.29, 1.82) is 0 Å². The predicted octanol–water partition coefficient (Wildman–Crippen LogP) is 3.16. The monoisotopic (exact) mass is 462 g/mol. The van der Waals surface area contributed by atoms with Gasteiger partial charge in [0.15, 0.2) is 11.5 Å². The summed E-state index contributed by atoms with van der Waals surface area (Å²) in [5.41, 5.74) is 1.00. The van der Waals surface area contributed by atoms with Gasteiger partial charge in [0.05, 0.1) is 31.8 Å². The van der Waals surface area contributed by atoms with Crippen LogP contribution in [0, 0.1) is 0 Å². The Morgan fingerprint density at radius 3 is 2.16 bits per heavy atom. The van der Waals surface area contributed by atoms with Crippen molar-refractivity contribution in [3.05, 3.63) is 47.5 Å². The molecule has 174 valence electrons. The molecule has 0 N–H and O–H groups in total. The van der Waals surface area contributed by atoms with Crippen LogP contribution in [0.25, 0.3) is 0 Å². The summed E-state index contributed by atoms with van der Waals surface area (Å²) in [5.74, 6) is 1.25. The first kappa shape index (κ1) is 23.9. The lowest BCUT2D eigenvalue weighted by molar-refractivity contribution is 0.0720. The van der Waals surface area contributed by atoms with Crippen LogP contribution in [0.4, 0.5) is 0 Å². The van der Waals surface area contributed by atoms with Crippen LogP contribution in [-0.2, 0) is 16.6 Å². The molecule has 2 aromatic carbocycles. The fourth-order valence-electron chi connectivity index (χ4n) is 3.78. The van der Waals surface area contributed by atoms with Crippen LogP contribution in [0.5, 0.6) is 17.2 Å². The third-order valence-electron chi connectivity index (χ3n) is 5.61. The first-order valence-electron chi connectivity index (χ1n) is 10.5. The molecule has 0 aliphatic carbocycles. The third kappa shape index (κ3) is 4.99. The minimum Gasteiger partial charge on any atom is -0.496 e. The van der Waals surface area contributed by atoms with Gasteiger partial charge in [-0.3, -0.25) is 4.79 Å². The van der Waals surface area contributed by atoms with Crippen molar-refractivity contribution >= 4 is 15.9 Å². The van der Waals surface area contributed by atoms with Gasteiger partial charge in [0.2, 0.25) is 10.0 Å². The van der Waals surface area contributed by atoms with E-state index in [0.717, 1.165) is 24.8 Å². The molecule has 2 aromatic rings. The van der Waals surface area contributed by atoms with Crippen molar-refractivity contribution in [1.82, 2.24) is 9.21 Å². The molecule has 0 spiro atoms. The Morgan fingerprint density at radius 1 is 0.906 bits per heavy atom. The van der Waals surface area contributed by atoms with Crippen LogP contribution in [0.15, 0.2) is 41.3 Å². The number of nitrogens with zero attached hydrogens (tertiary/aromatic N) is 2. The maximum atomic E-state index is 13.3. The van der Waals surface area contributed by atoms with Crippen LogP contribution in [0.3, 0.4) is 0 Å². The van der Waals surface area contributed by atoms with Gasteiger partial charge in [0, 0.05) is 26.7 Å². The molecule has 0 saturated carbocycles. The van der Waals surface area contributed by atoms with Crippen molar-refractivity contribution in [3.8, 4) is 17.2 Å². The molecule has 9 heteroatoms. The van der Waals surface area contributed by atoms with Gasteiger partial charge in [-0.2, -0.15) is 4.31 Å². The highest BCUT2D eigenvalue weighted by Crippen LogP contribution is 2.30. The zero-order valence-electron chi connectivity index (χ0n) is 19.0. The molecule has 0 atom stereocenters. The molecule has 32 heavy (non-hydrogen) atoms. The van der Waals surface area contributed by atoms with Crippen LogP contribution >= 0.6 is 0 Å². The van der Waals surface area contributed by atoms with E-state index < -0.39 is 10.0 Å². The molecule has 0 bridgehead atoms. The van der Waals surface area contributed by atoms with Crippen LogP contribution < -0.4 is 14.2 Å². The quantitative estimate of drug-likeness (QED) is 0.599. The second-order valence-corrected chi connectivity index (χ2v) is 9.71. The number of amides is 1. The molecule has 8 nitrogen and oxygen atoms in total. The second-order valence-electron chi connectivity index (χ2n) is 7.67. The van der Waals surface area contributed by atoms with Gasteiger partial charge >= 0.3 is 0 Å². The number of rotatable bonds is 8. The predicted molar refractivity (Wildman–Crippen MR) is 121 cm³/mol. The number of hydrogen-bond donors (Lipinski definition) is 0. The average molecular weight is 463 g/mol. The van der Waals surface area contributed by atoms with Crippen molar-refractivity contribution in [2.24, 2.45) is 0 Å². The fraction of sp³-hybridized carbons (Fsp3) is 0.435. The number of sulfonamides is 1. The molecule has 1 fully saturated rings. The molecule has 1 saturated heterocycles. The standard InChI is InChI=1S/C23H30N2O6S/c1-24(16-17-8-10-21(30-3)22(14-17)31-4)32(27,28)18-9-11-20(29-2)19(15-18)23(26)25-12-6-5-7-13-25/h8-11,14-15H,5-7,12-13,16H2,1-4H3. The number of piperidine rings is 1. The maximum Gasteiger partial charge on any atom is 0.257 e. The Bertz CT molecular complexity index is 1060. The summed E-state index contributed by atoms with van der Waals surface area (Å²) in [5, 5.41) is 0. The van der Waals surface area contributed by atoms with E-state index in [9.17, 15) is 13.2 Å². The summed E-state index contributed by atoms with van der Waals surface area (Å²) in [4.78, 5) is 14.9. The van der Waals surface area contributed by atoms with Crippen molar-refractivity contribution in [3.63, 3.8) is 0 Å². The topological polar surface area (TPSA) is 85.4 Å². The highest BCUT2D eigenvalue weighted by Gasteiger charge is 2.27. The van der Waals surface area contributed by atoms with E-state index in [2.05, 4.69) is 0 Å². The molecule has 0 aromatic heterocycles. The highest BCUT2D eigenvalue weighted by molar-refractivity contribution is 7.89. The van der Waals surface area contributed by atoms with E-state index in [0.29, 0.717) is 30.3 Å². The second kappa shape index (κ2) is 10.2. The van der Waals surface area contributed by atoms with Gasteiger partial charge in [-0.25, -0.2) is 8.42 Å². The largest absolute Gasteiger partial charge is 0.496 e. The van der Waals surface area contributed by atoms with E-state index in [-0.39, 0.29) is 22.9 Å². The van der Waals surface area contributed by atoms with Gasteiger partial charge in [-0.1, -0.05) is 6.07 Å². The molecule has 0 radical (unpaired) electrons. The van der Waals surface area contributed by atoms with E-state index in [1.807, 2.05) is 0 Å². The molecule has 1 heterocycles. The Labute approximate surface area is 189 Å². The summed E-state index contributed by atoms with van der Waals surface area (Å²) < 4.78 is 43.7. The van der Waals surface area contributed by atoms with Crippen molar-refractivity contribution in [2.45, 2.75) is 30.7 Å². The minimum atomic E-state index is -3.85. The Kier molecular flexibility index (Phi) is 7.63. The molecule has 1 amide bonds. The van der Waals surface area contributed by atoms with Crippen molar-refractivity contribution in [2.75, 3.05) is 41.5 Å². The van der Waals surface area contributed by atoms with Crippen LogP contribution in [0.1, 0.15) is 35.2 Å². The average Bonchev–Trinajstić information content (AvgIpc) is 2.83. The number of methoxy groups -OCH3 is 3. The summed E-state index contributed by atoms with van der Waals surface area (Å²) in [7, 11) is 2.20. The number of likely N-dealkylation sites (tertiary alicyclic amines) is 1. The highest BCUT2D eigenvalue weighted by atomic mass is 32.2. The third-order valence-corrected chi connectivity index (χ3v) is 7.41. The molecule has 3 rings (SSSR count). The maximum absolute atomic E-state index is 13.3. The molecular weight excluding hydrogens is 432 g/mol. The van der Waals surface area contributed by atoms with E-state index in [1.54, 1.807) is 30.2 Å². The van der Waals surface area contributed by atoms with Gasteiger partial charge < -0.3 is 19.1 Å². The van der Waals surface area contributed by atoms with Crippen LogP contribution in [-0.4, -0.2) is 65.0 Å². The SMILES string of the molecule is COc1ccc(CN(C)S(=O)(=O)c2ccc(OC)c(C(=O)N3CCCCC3)c2)cc1OC.